The van der Waals surface area contributed by atoms with Gasteiger partial charge in [0.2, 0.25) is 17.7 Å². The third kappa shape index (κ3) is 8.50. The molecule has 0 aromatic rings. The number of unbranched alkanes of at least 4 members (excludes halogenated alkanes) is 1. The summed E-state index contributed by atoms with van der Waals surface area (Å²) in [7, 11) is 0. The molecule has 4 atom stereocenters. The fourth-order valence-electron chi connectivity index (χ4n) is 3.42. The Balaban J connectivity index is 0.00000118. The Morgan fingerprint density at radius 1 is 1.16 bits per heavy atom. The van der Waals surface area contributed by atoms with Crippen LogP contribution < -0.4 is 16.4 Å². The van der Waals surface area contributed by atoms with E-state index in [1.54, 1.807) is 13.8 Å². The quantitative estimate of drug-likeness (QED) is 0.424. The van der Waals surface area contributed by atoms with E-state index in [9.17, 15) is 19.2 Å². The van der Waals surface area contributed by atoms with Crippen LogP contribution in [-0.2, 0) is 23.9 Å². The predicted molar refractivity (Wildman–Crippen MR) is 123 cm³/mol. The van der Waals surface area contributed by atoms with Crippen molar-refractivity contribution < 1.29 is 23.9 Å². The predicted octanol–water partition coefficient (Wildman–Crippen LogP) is 1.14. The molecule has 0 radical (unpaired) electrons. The number of rotatable bonds is 10. The number of likely N-dealkylation sites (tertiary alicyclic amines) is 1. The molecule has 0 aliphatic carbocycles. The summed E-state index contributed by atoms with van der Waals surface area (Å²) in [5.41, 5.74) is 4.81. The molecule has 2 fully saturated rings. The molecule has 3 unspecified atom stereocenters. The van der Waals surface area contributed by atoms with Crippen molar-refractivity contribution in [1.29, 1.82) is 0 Å². The van der Waals surface area contributed by atoms with Crippen LogP contribution >= 0.6 is 0 Å². The van der Waals surface area contributed by atoms with Crippen molar-refractivity contribution >= 4 is 23.5 Å². The highest BCUT2D eigenvalue weighted by molar-refractivity contribution is 5.97. The number of nitrogens with one attached hydrogen (secondary N) is 2. The number of nitrogens with zero attached hydrogens (tertiary/aromatic N) is 1. The Bertz CT molecular complexity index is 659. The number of nitrogens with two attached hydrogens (primary N) is 1. The second-order valence-corrected chi connectivity index (χ2v) is 9.33. The van der Waals surface area contributed by atoms with Crippen molar-refractivity contribution in [3.8, 4) is 0 Å². The molecule has 0 aromatic carbocycles. The van der Waals surface area contributed by atoms with Crippen molar-refractivity contribution in [2.45, 2.75) is 97.4 Å². The van der Waals surface area contributed by atoms with Gasteiger partial charge in [0, 0.05) is 6.54 Å². The van der Waals surface area contributed by atoms with Crippen LogP contribution in [0.15, 0.2) is 0 Å². The summed E-state index contributed by atoms with van der Waals surface area (Å²) in [5.74, 6) is -1.04. The minimum Gasteiger partial charge on any atom is -0.361 e. The van der Waals surface area contributed by atoms with Gasteiger partial charge in [-0.15, -0.1) is 0 Å². The van der Waals surface area contributed by atoms with E-state index in [0.29, 0.717) is 32.4 Å². The Hall–Kier alpha value is -2.00. The maximum Gasteiger partial charge on any atom is 0.243 e. The summed E-state index contributed by atoms with van der Waals surface area (Å²) in [5, 5.41) is 5.28. The third-order valence-corrected chi connectivity index (χ3v) is 5.61. The zero-order valence-corrected chi connectivity index (χ0v) is 20.5. The molecule has 184 valence electrons. The molecule has 2 heterocycles. The highest BCUT2D eigenvalue weighted by Gasteiger charge is 2.50. The molecule has 0 aromatic heterocycles. The maximum absolute atomic E-state index is 12.5. The number of epoxide rings is 1. The van der Waals surface area contributed by atoms with Crippen molar-refractivity contribution in [3.63, 3.8) is 0 Å². The molecule has 4 N–H and O–H groups in total. The number of carbonyl (C=O) groups is 4. The molecule has 0 saturated carbocycles. The number of carbonyl (C=O) groups excluding carboxylic acids is 4. The first kappa shape index (κ1) is 28.0. The lowest BCUT2D eigenvalue weighted by atomic mass is 9.93. The smallest absolute Gasteiger partial charge is 0.243 e. The molecule has 2 rings (SSSR count). The second-order valence-electron chi connectivity index (χ2n) is 9.33. The molecular formula is C23H42N4O5. The number of ether oxygens (including phenoxy) is 1. The number of hydrogen-bond donors (Lipinski definition) is 3. The van der Waals surface area contributed by atoms with Gasteiger partial charge in [-0.3, -0.25) is 19.2 Å². The zero-order chi connectivity index (χ0) is 24.5. The standard InChI is InChI=1S/C19H32N4O5.C4H10/c1-11(2)8-13(16(25)19(4)10-28-19)22-15(24)9-21-17(26)14-6-5-7-23(14)18(27)12(3)20;1-3-4-2/h11-14H,5-10,20H2,1-4H3,(H,21,26)(H,22,24);3-4H2,1-2H3/t12?,13-,14?,19?;/m0./s1. The van der Waals surface area contributed by atoms with Gasteiger partial charge in [-0.2, -0.15) is 0 Å². The van der Waals surface area contributed by atoms with E-state index < -0.39 is 29.6 Å². The van der Waals surface area contributed by atoms with Gasteiger partial charge >= 0.3 is 0 Å². The van der Waals surface area contributed by atoms with Crippen LogP contribution in [0.3, 0.4) is 0 Å². The lowest BCUT2D eigenvalue weighted by molar-refractivity contribution is -0.139. The van der Waals surface area contributed by atoms with Crippen LogP contribution in [-0.4, -0.2) is 71.8 Å². The summed E-state index contributed by atoms with van der Waals surface area (Å²) >= 11 is 0. The van der Waals surface area contributed by atoms with E-state index in [1.807, 2.05) is 13.8 Å². The molecule has 3 amide bonds. The highest BCUT2D eigenvalue weighted by Crippen LogP contribution is 2.29. The van der Waals surface area contributed by atoms with Crippen LogP contribution in [0.1, 0.15) is 73.6 Å². The van der Waals surface area contributed by atoms with Gasteiger partial charge in [-0.1, -0.05) is 40.5 Å². The lowest BCUT2D eigenvalue weighted by Gasteiger charge is -2.25. The average molecular weight is 455 g/mol. The molecule has 0 bridgehead atoms. The van der Waals surface area contributed by atoms with Gasteiger partial charge < -0.3 is 26.0 Å². The van der Waals surface area contributed by atoms with Gasteiger partial charge in [0.1, 0.15) is 11.6 Å². The van der Waals surface area contributed by atoms with Crippen molar-refractivity contribution in [3.05, 3.63) is 0 Å². The first-order valence-electron chi connectivity index (χ1n) is 11.8. The highest BCUT2D eigenvalue weighted by atomic mass is 16.6. The van der Waals surface area contributed by atoms with Crippen LogP contribution in [0.2, 0.25) is 0 Å². The van der Waals surface area contributed by atoms with Gasteiger partial charge in [-0.05, 0) is 39.0 Å². The fraction of sp³-hybridized carbons (Fsp3) is 0.826. The minimum atomic E-state index is -0.820. The van der Waals surface area contributed by atoms with Crippen molar-refractivity contribution in [1.82, 2.24) is 15.5 Å². The minimum absolute atomic E-state index is 0.148. The second kappa shape index (κ2) is 12.9. The van der Waals surface area contributed by atoms with Crippen molar-refractivity contribution in [2.75, 3.05) is 19.7 Å². The molecule has 2 saturated heterocycles. The molecule has 32 heavy (non-hydrogen) atoms. The summed E-state index contributed by atoms with van der Waals surface area (Å²) < 4.78 is 5.20. The summed E-state index contributed by atoms with van der Waals surface area (Å²) in [6, 6.07) is -1.94. The zero-order valence-electron chi connectivity index (χ0n) is 20.5. The molecule has 0 spiro atoms. The largest absolute Gasteiger partial charge is 0.361 e. The maximum atomic E-state index is 12.5. The molecule has 9 nitrogen and oxygen atoms in total. The Morgan fingerprint density at radius 2 is 1.75 bits per heavy atom. The lowest BCUT2D eigenvalue weighted by Crippen LogP contribution is -2.53. The van der Waals surface area contributed by atoms with E-state index in [1.165, 1.54) is 17.7 Å². The number of Topliss-reactive ketones (excluding diaryl/α,β-unsaturated/α-hetero) is 1. The van der Waals surface area contributed by atoms with E-state index >= 15 is 0 Å². The monoisotopic (exact) mass is 454 g/mol. The van der Waals surface area contributed by atoms with E-state index in [-0.39, 0.29) is 30.1 Å². The summed E-state index contributed by atoms with van der Waals surface area (Å²) in [4.78, 5) is 50.9. The number of amides is 3. The van der Waals surface area contributed by atoms with Gasteiger partial charge in [0.25, 0.3) is 0 Å². The van der Waals surface area contributed by atoms with Crippen LogP contribution in [0.5, 0.6) is 0 Å². The van der Waals surface area contributed by atoms with Crippen LogP contribution in [0.4, 0.5) is 0 Å². The first-order valence-corrected chi connectivity index (χ1v) is 11.8. The van der Waals surface area contributed by atoms with Crippen LogP contribution in [0.25, 0.3) is 0 Å². The van der Waals surface area contributed by atoms with Gasteiger partial charge in [0.05, 0.1) is 25.2 Å². The van der Waals surface area contributed by atoms with E-state index in [2.05, 4.69) is 24.5 Å². The normalized spacial score (nSPS) is 23.6. The number of ketones is 1. The molecule has 2 aliphatic rings. The van der Waals surface area contributed by atoms with Crippen LogP contribution in [0, 0.1) is 5.92 Å². The topological polar surface area (TPSA) is 134 Å². The molecule has 2 aliphatic heterocycles. The molecule has 9 heteroatoms. The Morgan fingerprint density at radius 3 is 2.22 bits per heavy atom. The SMILES string of the molecule is CC(C)C[C@H](NC(=O)CNC(=O)C1CCCN1C(=O)C(C)N)C(=O)C1(C)CO1.CCCC. The third-order valence-electron chi connectivity index (χ3n) is 5.61. The average Bonchev–Trinajstić information content (AvgIpc) is 3.30. The van der Waals surface area contributed by atoms with E-state index in [0.717, 1.165) is 0 Å². The summed E-state index contributed by atoms with van der Waals surface area (Å²) in [6.45, 7) is 12.2. The van der Waals surface area contributed by atoms with Gasteiger partial charge in [-0.25, -0.2) is 0 Å². The number of hydrogen-bond acceptors (Lipinski definition) is 6. The van der Waals surface area contributed by atoms with Crippen molar-refractivity contribution in [2.24, 2.45) is 11.7 Å². The molecular weight excluding hydrogens is 412 g/mol. The Labute approximate surface area is 192 Å². The Kier molecular flexibility index (Phi) is 11.3. The fourth-order valence-corrected chi connectivity index (χ4v) is 3.42. The van der Waals surface area contributed by atoms with E-state index in [4.69, 9.17) is 10.5 Å². The summed E-state index contributed by atoms with van der Waals surface area (Å²) in [6.07, 6.45) is 4.39. The first-order chi connectivity index (χ1) is 15.0. The van der Waals surface area contributed by atoms with Gasteiger partial charge in [0.15, 0.2) is 5.78 Å².